The summed E-state index contributed by atoms with van der Waals surface area (Å²) >= 11 is 0. The van der Waals surface area contributed by atoms with Crippen molar-refractivity contribution in [2.45, 2.75) is 51.1 Å². The lowest BCUT2D eigenvalue weighted by molar-refractivity contribution is -0.185. The van der Waals surface area contributed by atoms with Gasteiger partial charge in [0, 0.05) is 12.1 Å². The standard InChI is InChI=1S/C24H23F4NO/c1-2-3-4-16-5-7-17(8-6-16)18-9-11-19(12-10-18)24(27,28)30-20-13-22(25)21(15-29)23(26)14-20/h3-4,9-14,16-17H,2,5-8H2,1H3/t16-,17-. The van der Waals surface area contributed by atoms with Crippen LogP contribution < -0.4 is 4.74 Å². The molecule has 1 aliphatic rings. The van der Waals surface area contributed by atoms with Gasteiger partial charge in [0.25, 0.3) is 0 Å². The lowest BCUT2D eigenvalue weighted by atomic mass is 9.78. The van der Waals surface area contributed by atoms with E-state index in [9.17, 15) is 17.6 Å². The van der Waals surface area contributed by atoms with Gasteiger partial charge >= 0.3 is 6.11 Å². The molecule has 0 atom stereocenters. The summed E-state index contributed by atoms with van der Waals surface area (Å²) in [5.74, 6) is -2.25. The zero-order valence-electron chi connectivity index (χ0n) is 16.7. The highest BCUT2D eigenvalue weighted by atomic mass is 19.3. The molecule has 1 aliphatic carbocycles. The maximum Gasteiger partial charge on any atom is 0.426 e. The molecule has 2 nitrogen and oxygen atoms in total. The van der Waals surface area contributed by atoms with Crippen LogP contribution in [0, 0.1) is 28.9 Å². The van der Waals surface area contributed by atoms with Crippen molar-refractivity contribution in [2.24, 2.45) is 5.92 Å². The van der Waals surface area contributed by atoms with E-state index in [4.69, 9.17) is 5.26 Å². The van der Waals surface area contributed by atoms with E-state index >= 15 is 0 Å². The predicted molar refractivity (Wildman–Crippen MR) is 106 cm³/mol. The second-order valence-electron chi connectivity index (χ2n) is 7.56. The molecule has 1 saturated carbocycles. The third-order valence-corrected chi connectivity index (χ3v) is 5.51. The molecular weight excluding hydrogens is 394 g/mol. The molecule has 2 aromatic carbocycles. The summed E-state index contributed by atoms with van der Waals surface area (Å²) in [4.78, 5) is 0. The Balaban J connectivity index is 1.68. The average molecular weight is 417 g/mol. The molecule has 0 heterocycles. The summed E-state index contributed by atoms with van der Waals surface area (Å²) in [5, 5.41) is 8.66. The van der Waals surface area contributed by atoms with Gasteiger partial charge in [-0.25, -0.2) is 8.78 Å². The number of benzene rings is 2. The highest BCUT2D eigenvalue weighted by molar-refractivity contribution is 5.38. The summed E-state index contributed by atoms with van der Waals surface area (Å²) in [6.07, 6.45) is 5.90. The Hall–Kier alpha value is -2.81. The van der Waals surface area contributed by atoms with Gasteiger partial charge in [0.2, 0.25) is 0 Å². The first kappa shape index (κ1) is 21.9. The first-order chi connectivity index (χ1) is 14.3. The van der Waals surface area contributed by atoms with Crippen molar-refractivity contribution in [3.8, 4) is 11.8 Å². The van der Waals surface area contributed by atoms with E-state index in [-0.39, 0.29) is 0 Å². The monoisotopic (exact) mass is 417 g/mol. The summed E-state index contributed by atoms with van der Waals surface area (Å²) < 4.78 is 60.8. The van der Waals surface area contributed by atoms with E-state index in [2.05, 4.69) is 23.8 Å². The maximum absolute atomic E-state index is 14.5. The van der Waals surface area contributed by atoms with Crippen LogP contribution >= 0.6 is 0 Å². The molecule has 2 aromatic rings. The van der Waals surface area contributed by atoms with Crippen LogP contribution in [0.5, 0.6) is 5.75 Å². The quantitative estimate of drug-likeness (QED) is 0.368. The smallest absolute Gasteiger partial charge is 0.426 e. The second kappa shape index (κ2) is 9.34. The van der Waals surface area contributed by atoms with E-state index < -0.39 is 34.6 Å². The van der Waals surface area contributed by atoms with Gasteiger partial charge in [-0.2, -0.15) is 14.0 Å². The van der Waals surface area contributed by atoms with Gasteiger partial charge in [-0.05, 0) is 61.6 Å². The normalized spacial score (nSPS) is 19.6. The molecular formula is C24H23F4NO. The molecule has 0 aliphatic heterocycles. The molecule has 0 aromatic heterocycles. The third-order valence-electron chi connectivity index (χ3n) is 5.51. The van der Waals surface area contributed by atoms with Crippen LogP contribution in [0.25, 0.3) is 0 Å². The minimum absolute atomic E-state index is 0.335. The summed E-state index contributed by atoms with van der Waals surface area (Å²) in [6.45, 7) is 2.11. The van der Waals surface area contributed by atoms with Crippen molar-refractivity contribution < 1.29 is 22.3 Å². The van der Waals surface area contributed by atoms with Gasteiger partial charge in [0.1, 0.15) is 29.0 Å². The largest absolute Gasteiger partial charge is 0.429 e. The predicted octanol–water partition coefficient (Wildman–Crippen LogP) is 7.20. The lowest BCUT2D eigenvalue weighted by Gasteiger charge is -2.27. The summed E-state index contributed by atoms with van der Waals surface area (Å²) in [7, 11) is 0. The molecule has 0 bridgehead atoms. The number of hydrogen-bond acceptors (Lipinski definition) is 2. The zero-order valence-corrected chi connectivity index (χ0v) is 16.7. The van der Waals surface area contributed by atoms with Crippen molar-refractivity contribution in [1.82, 2.24) is 0 Å². The third kappa shape index (κ3) is 5.02. The SMILES string of the molecule is CCC=C[C@H]1CC[C@H](c2ccc(C(F)(F)Oc3cc(F)c(C#N)c(F)c3)cc2)CC1. The number of nitriles is 1. The minimum atomic E-state index is -3.77. The first-order valence-electron chi connectivity index (χ1n) is 10.1. The molecule has 6 heteroatoms. The van der Waals surface area contributed by atoms with E-state index in [0.717, 1.165) is 37.7 Å². The molecule has 30 heavy (non-hydrogen) atoms. The van der Waals surface area contributed by atoms with Crippen molar-refractivity contribution >= 4 is 0 Å². The molecule has 0 saturated heterocycles. The van der Waals surface area contributed by atoms with Crippen LogP contribution in [0.1, 0.15) is 61.6 Å². The zero-order chi connectivity index (χ0) is 21.7. The molecule has 158 valence electrons. The van der Waals surface area contributed by atoms with E-state index in [1.165, 1.54) is 18.2 Å². The van der Waals surface area contributed by atoms with E-state index in [1.54, 1.807) is 12.1 Å². The number of ether oxygens (including phenoxy) is 1. The van der Waals surface area contributed by atoms with Crippen molar-refractivity contribution in [1.29, 1.82) is 5.26 Å². The van der Waals surface area contributed by atoms with Gasteiger partial charge in [0.05, 0.1) is 5.56 Å². The topological polar surface area (TPSA) is 33.0 Å². The second-order valence-corrected chi connectivity index (χ2v) is 7.56. The highest BCUT2D eigenvalue weighted by Crippen LogP contribution is 2.38. The molecule has 0 spiro atoms. The molecule has 3 rings (SSSR count). The van der Waals surface area contributed by atoms with Crippen LogP contribution in [0.3, 0.4) is 0 Å². The number of allylic oxidation sites excluding steroid dienone is 2. The highest BCUT2D eigenvalue weighted by Gasteiger charge is 2.35. The number of hydrogen-bond donors (Lipinski definition) is 0. The molecule has 0 amide bonds. The average Bonchev–Trinajstić information content (AvgIpc) is 2.72. The lowest BCUT2D eigenvalue weighted by Crippen LogP contribution is -2.22. The number of halogens is 4. The first-order valence-corrected chi connectivity index (χ1v) is 10.1. The summed E-state index contributed by atoms with van der Waals surface area (Å²) in [5.41, 5.74) is -0.242. The van der Waals surface area contributed by atoms with Gasteiger partial charge < -0.3 is 4.74 Å². The Morgan fingerprint density at radius 1 is 1.07 bits per heavy atom. The van der Waals surface area contributed by atoms with Crippen molar-refractivity contribution in [3.05, 3.63) is 76.9 Å². The molecule has 0 unspecified atom stereocenters. The Kier molecular flexibility index (Phi) is 6.81. The number of alkyl halides is 2. The van der Waals surface area contributed by atoms with E-state index in [0.29, 0.717) is 24.0 Å². The minimum Gasteiger partial charge on any atom is -0.429 e. The van der Waals surface area contributed by atoms with Gasteiger partial charge in [0.15, 0.2) is 0 Å². The molecule has 0 radical (unpaired) electrons. The number of nitrogens with zero attached hydrogens (tertiary/aromatic N) is 1. The summed E-state index contributed by atoms with van der Waals surface area (Å²) in [6, 6.07) is 8.40. The fourth-order valence-corrected chi connectivity index (χ4v) is 3.85. The van der Waals surface area contributed by atoms with Gasteiger partial charge in [-0.1, -0.05) is 31.2 Å². The Morgan fingerprint density at radius 2 is 1.67 bits per heavy atom. The van der Waals surface area contributed by atoms with Crippen LogP contribution in [-0.4, -0.2) is 0 Å². The molecule has 0 N–H and O–H groups in total. The van der Waals surface area contributed by atoms with Crippen LogP contribution in [0.4, 0.5) is 17.6 Å². The van der Waals surface area contributed by atoms with Crippen molar-refractivity contribution in [2.75, 3.05) is 0 Å². The van der Waals surface area contributed by atoms with Crippen molar-refractivity contribution in [3.63, 3.8) is 0 Å². The maximum atomic E-state index is 14.5. The fourth-order valence-electron chi connectivity index (χ4n) is 3.85. The van der Waals surface area contributed by atoms with Crippen LogP contribution in [0.2, 0.25) is 0 Å². The van der Waals surface area contributed by atoms with Gasteiger partial charge in [-0.15, -0.1) is 0 Å². The van der Waals surface area contributed by atoms with Crippen LogP contribution in [-0.2, 0) is 6.11 Å². The van der Waals surface area contributed by atoms with E-state index in [1.807, 2.05) is 0 Å². The Morgan fingerprint density at radius 3 is 2.20 bits per heavy atom. The number of rotatable bonds is 6. The Bertz CT molecular complexity index is 916. The Labute approximate surface area is 173 Å². The molecule has 1 fully saturated rings. The van der Waals surface area contributed by atoms with Crippen LogP contribution in [0.15, 0.2) is 48.6 Å². The van der Waals surface area contributed by atoms with Gasteiger partial charge in [-0.3, -0.25) is 0 Å². The fraction of sp³-hybridized carbons (Fsp3) is 0.375.